The lowest BCUT2D eigenvalue weighted by Crippen LogP contribution is -2.26. The molecule has 0 aliphatic heterocycles. The van der Waals surface area contributed by atoms with Crippen LogP contribution in [0.2, 0.25) is 0 Å². The molecule has 4 aromatic rings. The van der Waals surface area contributed by atoms with E-state index in [1.54, 1.807) is 23.8 Å². The van der Waals surface area contributed by atoms with Crippen molar-refractivity contribution in [2.24, 2.45) is 0 Å². The van der Waals surface area contributed by atoms with Gasteiger partial charge in [0.15, 0.2) is 5.82 Å². The van der Waals surface area contributed by atoms with E-state index in [-0.39, 0.29) is 17.3 Å². The third-order valence-electron chi connectivity index (χ3n) is 4.66. The van der Waals surface area contributed by atoms with Crippen LogP contribution in [0.1, 0.15) is 12.6 Å². The van der Waals surface area contributed by atoms with Gasteiger partial charge in [0.2, 0.25) is 20.9 Å². The number of nitrogens with one attached hydrogen (secondary N) is 2. The number of aromatic nitrogens is 3. The van der Waals surface area contributed by atoms with E-state index in [1.807, 2.05) is 29.6 Å². The number of carbonyl (C=O) groups excluding carboxylic acids is 1. The first-order chi connectivity index (χ1) is 15.4. The van der Waals surface area contributed by atoms with E-state index < -0.39 is 10.0 Å². The molecule has 4 rings (SSSR count). The normalized spacial score (nSPS) is 11.6. The average Bonchev–Trinajstić information content (AvgIpc) is 3.35. The second kappa shape index (κ2) is 9.07. The molecule has 0 aliphatic rings. The lowest BCUT2D eigenvalue weighted by molar-refractivity contribution is -0.114. The largest absolute Gasteiger partial charge is 0.497 e. The lowest BCUT2D eigenvalue weighted by atomic mass is 10.2. The summed E-state index contributed by atoms with van der Waals surface area (Å²) >= 11 is 1.45. The maximum absolute atomic E-state index is 12.6. The van der Waals surface area contributed by atoms with Gasteiger partial charge in [-0.1, -0.05) is 0 Å². The minimum absolute atomic E-state index is 0.129. The summed E-state index contributed by atoms with van der Waals surface area (Å²) in [4.78, 5) is 16.5. The van der Waals surface area contributed by atoms with Gasteiger partial charge in [0.25, 0.3) is 0 Å². The van der Waals surface area contributed by atoms with Gasteiger partial charge in [-0.25, -0.2) is 17.7 Å². The molecule has 9 nitrogen and oxygen atoms in total. The first-order valence-electron chi connectivity index (χ1n) is 9.70. The Kier molecular flexibility index (Phi) is 6.21. The van der Waals surface area contributed by atoms with Gasteiger partial charge < -0.3 is 10.1 Å². The first kappa shape index (κ1) is 21.9. The van der Waals surface area contributed by atoms with Crippen LogP contribution < -0.4 is 14.8 Å². The zero-order chi connectivity index (χ0) is 22.7. The molecule has 0 spiro atoms. The Morgan fingerprint density at radius 2 is 1.84 bits per heavy atom. The van der Waals surface area contributed by atoms with Crippen molar-refractivity contribution in [1.29, 1.82) is 0 Å². The fourth-order valence-electron chi connectivity index (χ4n) is 3.08. The number of thiazole rings is 1. The molecule has 2 heterocycles. The van der Waals surface area contributed by atoms with Crippen molar-refractivity contribution in [2.75, 3.05) is 19.0 Å². The molecule has 0 unspecified atom stereocenters. The molecule has 32 heavy (non-hydrogen) atoms. The summed E-state index contributed by atoms with van der Waals surface area (Å²) in [5, 5.41) is 9.10. The molecule has 0 bridgehead atoms. The molecule has 11 heteroatoms. The zero-order valence-electron chi connectivity index (χ0n) is 17.4. The van der Waals surface area contributed by atoms with Crippen molar-refractivity contribution >= 4 is 37.9 Å². The molecule has 0 saturated carbocycles. The maximum atomic E-state index is 12.6. The van der Waals surface area contributed by atoms with Gasteiger partial charge in [-0.15, -0.1) is 16.4 Å². The predicted molar refractivity (Wildman–Crippen MR) is 122 cm³/mol. The number of methoxy groups -OCH3 is 1. The Balaban J connectivity index is 1.42. The third kappa shape index (κ3) is 4.79. The van der Waals surface area contributed by atoms with E-state index in [9.17, 15) is 13.2 Å². The van der Waals surface area contributed by atoms with Crippen molar-refractivity contribution in [3.05, 3.63) is 59.6 Å². The van der Waals surface area contributed by atoms with Gasteiger partial charge in [-0.2, -0.15) is 4.98 Å². The second-order valence-electron chi connectivity index (χ2n) is 6.94. The molecule has 166 valence electrons. The average molecular weight is 472 g/mol. The summed E-state index contributed by atoms with van der Waals surface area (Å²) in [7, 11) is -2.06. The van der Waals surface area contributed by atoms with Crippen LogP contribution in [0.3, 0.4) is 0 Å². The summed E-state index contributed by atoms with van der Waals surface area (Å²) in [5.41, 5.74) is 2.27. The van der Waals surface area contributed by atoms with Crippen LogP contribution in [0, 0.1) is 0 Å². The fourth-order valence-corrected chi connectivity index (χ4v) is 4.96. The maximum Gasteiger partial charge on any atom is 0.240 e. The molecule has 1 amide bonds. The van der Waals surface area contributed by atoms with E-state index >= 15 is 0 Å². The van der Waals surface area contributed by atoms with E-state index in [2.05, 4.69) is 20.1 Å². The van der Waals surface area contributed by atoms with Gasteiger partial charge in [-0.3, -0.25) is 4.79 Å². The van der Waals surface area contributed by atoms with E-state index in [1.165, 1.54) is 30.4 Å². The number of hydrogen-bond acceptors (Lipinski definition) is 7. The minimum atomic E-state index is -3.67. The van der Waals surface area contributed by atoms with Crippen LogP contribution in [0.4, 0.5) is 5.69 Å². The number of carbonyl (C=O) groups is 1. The van der Waals surface area contributed by atoms with Gasteiger partial charge >= 0.3 is 0 Å². The molecule has 2 aromatic heterocycles. The van der Waals surface area contributed by atoms with Gasteiger partial charge in [0, 0.05) is 36.5 Å². The number of fused-ring (bicyclic) bond motifs is 1. The number of benzene rings is 2. The van der Waals surface area contributed by atoms with Crippen molar-refractivity contribution in [3.8, 4) is 17.1 Å². The number of hydrogen-bond donors (Lipinski definition) is 2. The Labute approximate surface area is 189 Å². The highest BCUT2D eigenvalue weighted by Crippen LogP contribution is 2.23. The molecule has 0 radical (unpaired) electrons. The number of sulfonamides is 1. The number of nitrogens with zero attached hydrogens (tertiary/aromatic N) is 3. The molecule has 2 aromatic carbocycles. The number of anilines is 1. The van der Waals surface area contributed by atoms with Crippen molar-refractivity contribution < 1.29 is 17.9 Å². The molecule has 0 atom stereocenters. The summed E-state index contributed by atoms with van der Waals surface area (Å²) in [6, 6.07) is 13.5. The number of rotatable bonds is 8. The highest BCUT2D eigenvalue weighted by atomic mass is 32.2. The molecular weight excluding hydrogens is 450 g/mol. The molecule has 0 fully saturated rings. The topological polar surface area (TPSA) is 115 Å². The Bertz CT molecular complexity index is 1340. The standard InChI is InChI=1S/C21H21N5O4S2/c1-14(27)23-16-5-9-19(10-6-16)32(28,29)22-12-11-17-13-31-21-24-20(25-26(17)21)15-3-7-18(30-2)8-4-15/h3-10,13,22H,11-12H2,1-2H3,(H,23,27). The van der Waals surface area contributed by atoms with E-state index in [0.717, 1.165) is 22.0 Å². The highest BCUT2D eigenvalue weighted by molar-refractivity contribution is 7.89. The molecule has 2 N–H and O–H groups in total. The number of amides is 1. The second-order valence-corrected chi connectivity index (χ2v) is 9.54. The van der Waals surface area contributed by atoms with Gasteiger partial charge in [-0.05, 0) is 48.5 Å². The van der Waals surface area contributed by atoms with Crippen molar-refractivity contribution in [1.82, 2.24) is 19.3 Å². The number of ether oxygens (including phenoxy) is 1. The molecule has 0 saturated heterocycles. The highest BCUT2D eigenvalue weighted by Gasteiger charge is 2.15. The minimum Gasteiger partial charge on any atom is -0.497 e. The van der Waals surface area contributed by atoms with Crippen LogP contribution >= 0.6 is 11.3 Å². The Morgan fingerprint density at radius 3 is 2.50 bits per heavy atom. The fraction of sp³-hybridized carbons (Fsp3) is 0.190. The summed E-state index contributed by atoms with van der Waals surface area (Å²) in [6.45, 7) is 1.60. The van der Waals surface area contributed by atoms with Crippen molar-refractivity contribution in [3.63, 3.8) is 0 Å². The lowest BCUT2D eigenvalue weighted by Gasteiger charge is -2.08. The van der Waals surface area contributed by atoms with Crippen LogP contribution in [0.25, 0.3) is 16.3 Å². The monoisotopic (exact) mass is 471 g/mol. The Morgan fingerprint density at radius 1 is 1.12 bits per heavy atom. The zero-order valence-corrected chi connectivity index (χ0v) is 19.0. The van der Waals surface area contributed by atoms with Crippen LogP contribution in [0.15, 0.2) is 58.8 Å². The van der Waals surface area contributed by atoms with Crippen LogP contribution in [0.5, 0.6) is 5.75 Å². The predicted octanol–water partition coefficient (Wildman–Crippen LogP) is 2.95. The molecular formula is C21H21N5O4S2. The quantitative estimate of drug-likeness (QED) is 0.408. The van der Waals surface area contributed by atoms with Crippen LogP contribution in [-0.4, -0.2) is 42.6 Å². The summed E-state index contributed by atoms with van der Waals surface area (Å²) in [6.07, 6.45) is 0.453. The summed E-state index contributed by atoms with van der Waals surface area (Å²) < 4.78 is 34.6. The van der Waals surface area contributed by atoms with E-state index in [4.69, 9.17) is 4.74 Å². The van der Waals surface area contributed by atoms with E-state index in [0.29, 0.717) is 17.9 Å². The first-order valence-corrected chi connectivity index (χ1v) is 12.1. The summed E-state index contributed by atoms with van der Waals surface area (Å²) in [5.74, 6) is 1.14. The Hall–Kier alpha value is -3.28. The van der Waals surface area contributed by atoms with Gasteiger partial charge in [0.05, 0.1) is 17.7 Å². The van der Waals surface area contributed by atoms with Gasteiger partial charge in [0.1, 0.15) is 5.75 Å². The smallest absolute Gasteiger partial charge is 0.240 e. The van der Waals surface area contributed by atoms with Crippen LogP contribution in [-0.2, 0) is 21.2 Å². The SMILES string of the molecule is COc1ccc(-c2nc3scc(CCNS(=O)(=O)c4ccc(NC(C)=O)cc4)n3n2)cc1. The third-order valence-corrected chi connectivity index (χ3v) is 7.00. The molecule has 0 aliphatic carbocycles. The van der Waals surface area contributed by atoms with Crippen molar-refractivity contribution in [2.45, 2.75) is 18.2 Å².